The van der Waals surface area contributed by atoms with Crippen molar-refractivity contribution in [1.29, 1.82) is 0 Å². The standard InChI is InChI=1S/C16H16N/c1-14(15-8-4-3-5-9-15)11-12-16-10-6-7-13-17(16)2/h3-13H,1H2,2H3/q+1/b12-11+. The van der Waals surface area contributed by atoms with Gasteiger partial charge in [-0.25, -0.2) is 4.57 Å². The van der Waals surface area contributed by atoms with E-state index in [-0.39, 0.29) is 0 Å². The summed E-state index contributed by atoms with van der Waals surface area (Å²) >= 11 is 0. The Bertz CT molecular complexity index is 538. The number of hydrogen-bond acceptors (Lipinski definition) is 0. The maximum atomic E-state index is 4.07. The van der Waals surface area contributed by atoms with Crippen LogP contribution < -0.4 is 4.57 Å². The fraction of sp³-hybridized carbons (Fsp3) is 0.0625. The van der Waals surface area contributed by atoms with Crippen molar-refractivity contribution >= 4 is 11.6 Å². The second-order valence-corrected chi connectivity index (χ2v) is 3.96. The molecule has 0 saturated heterocycles. The molecular weight excluding hydrogens is 206 g/mol. The minimum atomic E-state index is 1.02. The SMILES string of the molecule is C=C(/C=C/c1cccc[n+]1C)c1ccccc1. The molecule has 17 heavy (non-hydrogen) atoms. The molecule has 1 nitrogen and oxygen atoms in total. The first-order chi connectivity index (χ1) is 8.27. The van der Waals surface area contributed by atoms with E-state index in [1.165, 1.54) is 0 Å². The zero-order valence-electron chi connectivity index (χ0n) is 10.0. The van der Waals surface area contributed by atoms with Crippen LogP contribution in [0.15, 0.2) is 67.4 Å². The lowest BCUT2D eigenvalue weighted by Crippen LogP contribution is -2.30. The first-order valence-electron chi connectivity index (χ1n) is 5.64. The lowest BCUT2D eigenvalue weighted by Gasteiger charge is -1.98. The number of allylic oxidation sites excluding steroid dienone is 2. The molecule has 84 valence electrons. The molecule has 0 fully saturated rings. The van der Waals surface area contributed by atoms with Crippen LogP contribution >= 0.6 is 0 Å². The maximum Gasteiger partial charge on any atom is 0.204 e. The topological polar surface area (TPSA) is 3.88 Å². The van der Waals surface area contributed by atoms with Gasteiger partial charge in [-0.3, -0.25) is 0 Å². The van der Waals surface area contributed by atoms with Crippen LogP contribution in [0, 0.1) is 0 Å². The van der Waals surface area contributed by atoms with Crippen molar-refractivity contribution in [3.05, 3.63) is 78.6 Å². The van der Waals surface area contributed by atoms with E-state index in [1.807, 2.05) is 49.7 Å². The van der Waals surface area contributed by atoms with Gasteiger partial charge in [-0.05, 0) is 23.3 Å². The highest BCUT2D eigenvalue weighted by Crippen LogP contribution is 2.13. The van der Waals surface area contributed by atoms with E-state index in [9.17, 15) is 0 Å². The molecule has 2 rings (SSSR count). The molecule has 0 N–H and O–H groups in total. The summed E-state index contributed by atoms with van der Waals surface area (Å²) in [6, 6.07) is 16.3. The number of nitrogens with zero attached hydrogens (tertiary/aromatic N) is 1. The molecule has 0 spiro atoms. The second-order valence-electron chi connectivity index (χ2n) is 3.96. The molecule has 2 aromatic rings. The molecule has 0 radical (unpaired) electrons. The quantitative estimate of drug-likeness (QED) is 0.554. The van der Waals surface area contributed by atoms with Crippen LogP contribution in [-0.4, -0.2) is 0 Å². The normalized spacial score (nSPS) is 10.6. The highest BCUT2D eigenvalue weighted by molar-refractivity contribution is 5.76. The summed E-state index contributed by atoms with van der Waals surface area (Å²) in [6.07, 6.45) is 6.16. The van der Waals surface area contributed by atoms with Crippen molar-refractivity contribution in [3.8, 4) is 0 Å². The molecule has 1 heterocycles. The molecule has 0 aliphatic carbocycles. The van der Waals surface area contributed by atoms with Gasteiger partial charge >= 0.3 is 0 Å². The average Bonchev–Trinajstić information content (AvgIpc) is 2.38. The van der Waals surface area contributed by atoms with Gasteiger partial charge in [0.2, 0.25) is 5.69 Å². The molecule has 1 heteroatoms. The van der Waals surface area contributed by atoms with Crippen LogP contribution in [-0.2, 0) is 7.05 Å². The monoisotopic (exact) mass is 222 g/mol. The fourth-order valence-corrected chi connectivity index (χ4v) is 1.64. The van der Waals surface area contributed by atoms with Crippen molar-refractivity contribution < 1.29 is 4.57 Å². The highest BCUT2D eigenvalue weighted by Gasteiger charge is 1.99. The first-order valence-corrected chi connectivity index (χ1v) is 5.64. The van der Waals surface area contributed by atoms with Gasteiger partial charge in [0.05, 0.1) is 0 Å². The highest BCUT2D eigenvalue weighted by atomic mass is 14.9. The summed E-state index contributed by atoms with van der Waals surface area (Å²) in [5.74, 6) is 0. The van der Waals surface area contributed by atoms with Crippen molar-refractivity contribution in [1.82, 2.24) is 0 Å². The zero-order valence-corrected chi connectivity index (χ0v) is 10.0. The molecule has 0 saturated carbocycles. The minimum Gasteiger partial charge on any atom is -0.202 e. The lowest BCUT2D eigenvalue weighted by atomic mass is 10.1. The average molecular weight is 222 g/mol. The summed E-state index contributed by atoms with van der Waals surface area (Å²) in [7, 11) is 2.03. The maximum absolute atomic E-state index is 4.07. The van der Waals surface area contributed by atoms with E-state index in [2.05, 4.69) is 35.4 Å². The number of benzene rings is 1. The zero-order chi connectivity index (χ0) is 12.1. The fourth-order valence-electron chi connectivity index (χ4n) is 1.64. The molecule has 0 bridgehead atoms. The van der Waals surface area contributed by atoms with Gasteiger partial charge in [0.25, 0.3) is 0 Å². The summed E-state index contributed by atoms with van der Waals surface area (Å²) in [5, 5.41) is 0. The largest absolute Gasteiger partial charge is 0.204 e. The van der Waals surface area contributed by atoms with E-state index in [1.54, 1.807) is 0 Å². The Morgan fingerprint density at radius 3 is 2.47 bits per heavy atom. The van der Waals surface area contributed by atoms with Crippen molar-refractivity contribution in [2.24, 2.45) is 7.05 Å². The van der Waals surface area contributed by atoms with E-state index < -0.39 is 0 Å². The summed E-state index contributed by atoms with van der Waals surface area (Å²) < 4.78 is 2.08. The van der Waals surface area contributed by atoms with Crippen LogP contribution in [0.1, 0.15) is 11.3 Å². The van der Waals surface area contributed by atoms with Gasteiger partial charge in [0.1, 0.15) is 7.05 Å². The van der Waals surface area contributed by atoms with Crippen LogP contribution in [0.5, 0.6) is 0 Å². The van der Waals surface area contributed by atoms with E-state index in [0.717, 1.165) is 16.8 Å². The predicted octanol–water partition coefficient (Wildman–Crippen LogP) is 3.24. The predicted molar refractivity (Wildman–Crippen MR) is 72.1 cm³/mol. The molecular formula is C16H16N+. The molecule has 1 aromatic carbocycles. The van der Waals surface area contributed by atoms with Crippen LogP contribution in [0.2, 0.25) is 0 Å². The first kappa shape index (κ1) is 11.3. The third-order valence-corrected chi connectivity index (χ3v) is 2.69. The molecule has 0 unspecified atom stereocenters. The van der Waals surface area contributed by atoms with Crippen LogP contribution in [0.4, 0.5) is 0 Å². The summed E-state index contributed by atoms with van der Waals surface area (Å²) in [4.78, 5) is 0. The van der Waals surface area contributed by atoms with Gasteiger partial charge in [-0.15, -0.1) is 0 Å². The number of aryl methyl sites for hydroxylation is 1. The number of aromatic nitrogens is 1. The summed E-state index contributed by atoms with van der Waals surface area (Å²) in [6.45, 7) is 4.07. The molecule has 1 aromatic heterocycles. The Hall–Kier alpha value is -2.15. The Kier molecular flexibility index (Phi) is 3.51. The van der Waals surface area contributed by atoms with E-state index in [0.29, 0.717) is 0 Å². The third kappa shape index (κ3) is 2.91. The Morgan fingerprint density at radius 1 is 1.06 bits per heavy atom. The Morgan fingerprint density at radius 2 is 1.76 bits per heavy atom. The minimum absolute atomic E-state index is 1.02. The van der Waals surface area contributed by atoms with E-state index >= 15 is 0 Å². The smallest absolute Gasteiger partial charge is 0.202 e. The molecule has 0 atom stereocenters. The van der Waals surface area contributed by atoms with Crippen LogP contribution in [0.3, 0.4) is 0 Å². The lowest BCUT2D eigenvalue weighted by molar-refractivity contribution is -0.673. The Labute approximate surface area is 102 Å². The van der Waals surface area contributed by atoms with Crippen molar-refractivity contribution in [2.45, 2.75) is 0 Å². The number of pyridine rings is 1. The second kappa shape index (κ2) is 5.26. The molecule has 0 aliphatic rings. The third-order valence-electron chi connectivity index (χ3n) is 2.69. The van der Waals surface area contributed by atoms with Gasteiger partial charge in [-0.2, -0.15) is 0 Å². The van der Waals surface area contributed by atoms with Crippen LogP contribution in [0.25, 0.3) is 11.6 Å². The number of rotatable bonds is 3. The number of hydrogen-bond donors (Lipinski definition) is 0. The van der Waals surface area contributed by atoms with Crippen molar-refractivity contribution in [3.63, 3.8) is 0 Å². The summed E-state index contributed by atoms with van der Waals surface area (Å²) in [5.41, 5.74) is 3.33. The van der Waals surface area contributed by atoms with Gasteiger partial charge in [0, 0.05) is 18.2 Å². The van der Waals surface area contributed by atoms with E-state index in [4.69, 9.17) is 0 Å². The van der Waals surface area contributed by atoms with Gasteiger partial charge in [0.15, 0.2) is 6.20 Å². The van der Waals surface area contributed by atoms with Crippen molar-refractivity contribution in [2.75, 3.05) is 0 Å². The van der Waals surface area contributed by atoms with Gasteiger partial charge < -0.3 is 0 Å². The molecule has 0 aliphatic heterocycles. The molecule has 0 amide bonds. The van der Waals surface area contributed by atoms with Gasteiger partial charge in [-0.1, -0.05) is 36.9 Å². The Balaban J connectivity index is 2.17.